The summed E-state index contributed by atoms with van der Waals surface area (Å²) in [4.78, 5) is 14.4. The summed E-state index contributed by atoms with van der Waals surface area (Å²) in [7, 11) is 0. The Bertz CT molecular complexity index is 359. The third-order valence-corrected chi connectivity index (χ3v) is 2.22. The van der Waals surface area contributed by atoms with Crippen LogP contribution in [-0.4, -0.2) is 17.4 Å². The molecule has 0 radical (unpaired) electrons. The number of amides is 1. The van der Waals surface area contributed by atoms with Gasteiger partial charge in [-0.2, -0.15) is 0 Å². The minimum absolute atomic E-state index is 0.0969. The largest absolute Gasteiger partial charge is 0.352 e. The number of pyridine rings is 1. The first-order valence-corrected chi connectivity index (χ1v) is 5.12. The van der Waals surface area contributed by atoms with Crippen molar-refractivity contribution in [3.63, 3.8) is 0 Å². The lowest BCUT2D eigenvalue weighted by molar-refractivity contribution is 0.0952. The average Bonchev–Trinajstić information content (AvgIpc) is 2.18. The molecule has 14 heavy (non-hydrogen) atoms. The van der Waals surface area contributed by atoms with Crippen LogP contribution >= 0.6 is 12.2 Å². The Kier molecular flexibility index (Phi) is 4.32. The molecule has 1 heterocycles. The molecular formula is C10H14N2OS. The summed E-state index contributed by atoms with van der Waals surface area (Å²) in [6.07, 6.45) is 3.78. The van der Waals surface area contributed by atoms with Crippen LogP contribution in [-0.2, 0) is 0 Å². The van der Waals surface area contributed by atoms with E-state index in [1.807, 2.05) is 0 Å². The van der Waals surface area contributed by atoms with E-state index in [0.717, 1.165) is 12.8 Å². The van der Waals surface area contributed by atoms with Crippen molar-refractivity contribution >= 4 is 18.1 Å². The topological polar surface area (TPSA) is 44.9 Å². The predicted molar refractivity (Wildman–Crippen MR) is 58.9 cm³/mol. The third kappa shape index (κ3) is 2.96. The molecule has 0 aliphatic heterocycles. The van der Waals surface area contributed by atoms with Gasteiger partial charge in [0.15, 0.2) is 0 Å². The number of carbonyl (C=O) groups is 1. The average molecular weight is 210 g/mol. The molecule has 0 atom stereocenters. The summed E-state index contributed by atoms with van der Waals surface area (Å²) in [5.41, 5.74) is 0.540. The van der Waals surface area contributed by atoms with Crippen LogP contribution in [0.25, 0.3) is 0 Å². The number of hydrogen-bond donors (Lipinski definition) is 2. The Morgan fingerprint density at radius 2 is 2.43 bits per heavy atom. The van der Waals surface area contributed by atoms with Crippen LogP contribution in [0.4, 0.5) is 0 Å². The Morgan fingerprint density at radius 3 is 3.07 bits per heavy atom. The monoisotopic (exact) mass is 210 g/mol. The second-order valence-electron chi connectivity index (χ2n) is 3.02. The van der Waals surface area contributed by atoms with E-state index in [0.29, 0.717) is 16.7 Å². The zero-order chi connectivity index (χ0) is 10.4. The Hall–Kier alpha value is -1.16. The molecule has 1 amide bonds. The Labute approximate surface area is 88.5 Å². The molecule has 76 valence electrons. The van der Waals surface area contributed by atoms with Gasteiger partial charge in [0, 0.05) is 12.7 Å². The molecule has 2 N–H and O–H groups in total. The van der Waals surface area contributed by atoms with Crippen LogP contribution < -0.4 is 5.32 Å². The van der Waals surface area contributed by atoms with Crippen molar-refractivity contribution in [1.29, 1.82) is 0 Å². The number of hydrogen-bond acceptors (Lipinski definition) is 2. The van der Waals surface area contributed by atoms with Crippen molar-refractivity contribution < 1.29 is 4.79 Å². The number of carbonyl (C=O) groups excluding carboxylic acids is 1. The fraction of sp³-hybridized carbons (Fsp3) is 0.400. The molecule has 4 heteroatoms. The SMILES string of the molecule is CCCCNC(=O)c1ccc[nH]c1=S. The quantitative estimate of drug-likeness (QED) is 0.591. The van der Waals surface area contributed by atoms with Crippen LogP contribution in [0, 0.1) is 4.64 Å². The van der Waals surface area contributed by atoms with E-state index in [-0.39, 0.29) is 5.91 Å². The van der Waals surface area contributed by atoms with Crippen LogP contribution in [0.5, 0.6) is 0 Å². The van der Waals surface area contributed by atoms with E-state index in [1.54, 1.807) is 18.3 Å². The first-order valence-electron chi connectivity index (χ1n) is 4.71. The molecule has 0 saturated carbocycles. The third-order valence-electron chi connectivity index (χ3n) is 1.88. The molecule has 1 rings (SSSR count). The van der Waals surface area contributed by atoms with Crippen molar-refractivity contribution in [3.8, 4) is 0 Å². The highest BCUT2D eigenvalue weighted by Crippen LogP contribution is 1.99. The van der Waals surface area contributed by atoms with Crippen molar-refractivity contribution in [1.82, 2.24) is 10.3 Å². The van der Waals surface area contributed by atoms with Gasteiger partial charge in [-0.15, -0.1) is 0 Å². The molecular weight excluding hydrogens is 196 g/mol. The summed E-state index contributed by atoms with van der Waals surface area (Å²) in [6.45, 7) is 2.79. The number of rotatable bonds is 4. The van der Waals surface area contributed by atoms with E-state index in [2.05, 4.69) is 17.2 Å². The fourth-order valence-electron chi connectivity index (χ4n) is 1.07. The first kappa shape index (κ1) is 10.9. The molecule has 0 saturated heterocycles. The number of nitrogens with one attached hydrogen (secondary N) is 2. The first-order chi connectivity index (χ1) is 6.75. The van der Waals surface area contributed by atoms with Gasteiger partial charge in [-0.3, -0.25) is 4.79 Å². The lowest BCUT2D eigenvalue weighted by Gasteiger charge is -2.03. The van der Waals surface area contributed by atoms with Gasteiger partial charge in [0.25, 0.3) is 5.91 Å². The van der Waals surface area contributed by atoms with E-state index in [4.69, 9.17) is 12.2 Å². The molecule has 1 aromatic heterocycles. The summed E-state index contributed by atoms with van der Waals surface area (Å²) in [6, 6.07) is 3.49. The molecule has 3 nitrogen and oxygen atoms in total. The maximum atomic E-state index is 11.5. The van der Waals surface area contributed by atoms with E-state index >= 15 is 0 Å². The minimum Gasteiger partial charge on any atom is -0.352 e. The van der Waals surface area contributed by atoms with Gasteiger partial charge in [-0.25, -0.2) is 0 Å². The number of aromatic amines is 1. The number of aromatic nitrogens is 1. The zero-order valence-electron chi connectivity index (χ0n) is 8.17. The molecule has 0 unspecified atom stereocenters. The van der Waals surface area contributed by atoms with Gasteiger partial charge < -0.3 is 10.3 Å². The maximum absolute atomic E-state index is 11.5. The standard InChI is InChI=1S/C10H14N2OS/c1-2-3-6-11-9(13)8-5-4-7-12-10(8)14/h4-5,7H,2-3,6H2,1H3,(H,11,13)(H,12,14). The van der Waals surface area contributed by atoms with Crippen molar-refractivity contribution in [3.05, 3.63) is 28.5 Å². The van der Waals surface area contributed by atoms with Gasteiger partial charge in [0.1, 0.15) is 4.64 Å². The Morgan fingerprint density at radius 1 is 1.64 bits per heavy atom. The van der Waals surface area contributed by atoms with Gasteiger partial charge in [-0.1, -0.05) is 25.6 Å². The summed E-state index contributed by atoms with van der Waals surface area (Å²) >= 11 is 4.99. The number of unbranched alkanes of at least 4 members (excludes halogenated alkanes) is 1. The normalized spacial score (nSPS) is 9.79. The highest BCUT2D eigenvalue weighted by molar-refractivity contribution is 7.71. The van der Waals surface area contributed by atoms with Gasteiger partial charge in [-0.05, 0) is 18.6 Å². The Balaban J connectivity index is 2.61. The lowest BCUT2D eigenvalue weighted by Crippen LogP contribution is -2.24. The summed E-state index contributed by atoms with van der Waals surface area (Å²) < 4.78 is 0.487. The van der Waals surface area contributed by atoms with Crippen LogP contribution in [0.15, 0.2) is 18.3 Å². The second kappa shape index (κ2) is 5.54. The zero-order valence-corrected chi connectivity index (χ0v) is 8.99. The molecule has 0 aromatic carbocycles. The van der Waals surface area contributed by atoms with Gasteiger partial charge in [0.05, 0.1) is 5.56 Å². The van der Waals surface area contributed by atoms with E-state index in [9.17, 15) is 4.79 Å². The molecule has 1 aromatic rings. The molecule has 0 aliphatic rings. The van der Waals surface area contributed by atoms with E-state index < -0.39 is 0 Å². The second-order valence-corrected chi connectivity index (χ2v) is 3.43. The minimum atomic E-state index is -0.0969. The van der Waals surface area contributed by atoms with Crippen LogP contribution in [0.1, 0.15) is 30.1 Å². The smallest absolute Gasteiger partial charge is 0.254 e. The maximum Gasteiger partial charge on any atom is 0.254 e. The molecule has 0 fully saturated rings. The molecule has 0 spiro atoms. The molecule has 0 bridgehead atoms. The van der Waals surface area contributed by atoms with Crippen molar-refractivity contribution in [2.45, 2.75) is 19.8 Å². The summed E-state index contributed by atoms with van der Waals surface area (Å²) in [5, 5.41) is 2.82. The van der Waals surface area contributed by atoms with Gasteiger partial charge >= 0.3 is 0 Å². The lowest BCUT2D eigenvalue weighted by atomic mass is 10.2. The number of H-pyrrole nitrogens is 1. The molecule has 0 aliphatic carbocycles. The van der Waals surface area contributed by atoms with Crippen molar-refractivity contribution in [2.24, 2.45) is 0 Å². The fourth-order valence-corrected chi connectivity index (χ4v) is 1.30. The summed E-state index contributed by atoms with van der Waals surface area (Å²) in [5.74, 6) is -0.0969. The van der Waals surface area contributed by atoms with Crippen LogP contribution in [0.2, 0.25) is 0 Å². The van der Waals surface area contributed by atoms with Gasteiger partial charge in [0.2, 0.25) is 0 Å². The van der Waals surface area contributed by atoms with Crippen LogP contribution in [0.3, 0.4) is 0 Å². The highest BCUT2D eigenvalue weighted by atomic mass is 32.1. The van der Waals surface area contributed by atoms with E-state index in [1.165, 1.54) is 0 Å². The van der Waals surface area contributed by atoms with Crippen molar-refractivity contribution in [2.75, 3.05) is 6.54 Å². The predicted octanol–water partition coefficient (Wildman–Crippen LogP) is 2.27. The highest BCUT2D eigenvalue weighted by Gasteiger charge is 2.05.